The molecule has 0 aliphatic rings. The minimum absolute atomic E-state index is 0. The van der Waals surface area contributed by atoms with E-state index in [0.717, 1.165) is 28.3 Å². The van der Waals surface area contributed by atoms with Crippen LogP contribution in [0, 0.1) is 5.82 Å². The third-order valence-electron chi connectivity index (χ3n) is 6.46. The van der Waals surface area contributed by atoms with Crippen molar-refractivity contribution in [3.05, 3.63) is 109 Å². The van der Waals surface area contributed by atoms with E-state index in [1.54, 1.807) is 12.1 Å². The second-order valence-corrected chi connectivity index (χ2v) is 9.55. The predicted molar refractivity (Wildman–Crippen MR) is 165 cm³/mol. The van der Waals surface area contributed by atoms with Gasteiger partial charge in [-0.05, 0) is 42.3 Å². The second kappa shape index (κ2) is 14.1. The van der Waals surface area contributed by atoms with Gasteiger partial charge in [-0.2, -0.15) is 0 Å². The van der Waals surface area contributed by atoms with E-state index in [0.29, 0.717) is 11.1 Å². The number of fused-ring (bicyclic) bond motifs is 1. The molecule has 1 amide bonds. The number of esters is 1. The third-order valence-corrected chi connectivity index (χ3v) is 6.46. The van der Waals surface area contributed by atoms with Crippen LogP contribution in [0.1, 0.15) is 62.9 Å². The van der Waals surface area contributed by atoms with Crippen molar-refractivity contribution < 1.29 is 33.7 Å². The standard InChI is InChI=1S/C19H13FN6O6.C10H13NO2.CH4/c20-8-2-1-7(3-9(8)24-14-13(21)15(28)16(14)29)5-22-17(30)10-4-11(18(31)32)26-12(27)6-23-19(26)25-10;1-7(11)8-3-5-9(6-4-8)10(12)13-2;/h1-4,6,24,27H,5,21H2,(H,22,30)(H,31,32);3-7H,11H2,1-2H3;1H4/t;7-;/m.1./s1. The SMILES string of the molecule is C.COC(=O)c1ccc([C@@H](C)N)cc1.Nc1c(Nc2cc(CNC(=O)c3cc(C(=O)O)n4c(O)cnc4n3)ccc2F)c(=O)c1=O. The number of nitrogen functional groups attached to an aromatic ring is 1. The minimum Gasteiger partial charge on any atom is -0.493 e. The van der Waals surface area contributed by atoms with Crippen LogP contribution in [0.5, 0.6) is 5.88 Å². The summed E-state index contributed by atoms with van der Waals surface area (Å²) in [7, 11) is 1.36. The number of carbonyl (C=O) groups excluding carboxylic acids is 2. The number of hydrogen-bond acceptors (Lipinski definition) is 12. The summed E-state index contributed by atoms with van der Waals surface area (Å²) in [4.78, 5) is 65.4. The summed E-state index contributed by atoms with van der Waals surface area (Å²) >= 11 is 0. The number of ether oxygens (including phenoxy) is 1. The number of hydrogen-bond donors (Lipinski definition) is 6. The summed E-state index contributed by atoms with van der Waals surface area (Å²) < 4.78 is 19.5. The van der Waals surface area contributed by atoms with E-state index in [4.69, 9.17) is 11.5 Å². The maximum absolute atomic E-state index is 14.1. The van der Waals surface area contributed by atoms with Gasteiger partial charge in [0, 0.05) is 18.7 Å². The van der Waals surface area contributed by atoms with E-state index in [1.165, 1.54) is 19.2 Å². The van der Waals surface area contributed by atoms with Crippen molar-refractivity contribution >= 4 is 40.7 Å². The Kier molecular flexibility index (Phi) is 10.5. The molecule has 0 unspecified atom stereocenters. The first-order valence-corrected chi connectivity index (χ1v) is 13.0. The molecule has 15 nitrogen and oxygen atoms in total. The van der Waals surface area contributed by atoms with Gasteiger partial charge in [0.1, 0.15) is 28.6 Å². The number of nitrogens with zero attached hydrogens (tertiary/aromatic N) is 3. The smallest absolute Gasteiger partial charge is 0.353 e. The second-order valence-electron chi connectivity index (χ2n) is 9.55. The molecule has 3 aromatic carbocycles. The van der Waals surface area contributed by atoms with Gasteiger partial charge in [-0.3, -0.25) is 14.4 Å². The van der Waals surface area contributed by atoms with Crippen LogP contribution in [0.25, 0.3) is 5.78 Å². The van der Waals surface area contributed by atoms with Gasteiger partial charge in [0.25, 0.3) is 16.8 Å². The molecule has 1 atom stereocenters. The highest BCUT2D eigenvalue weighted by molar-refractivity contribution is 5.96. The number of aromatic nitrogens is 3. The van der Waals surface area contributed by atoms with Crippen LogP contribution in [-0.2, 0) is 11.3 Å². The molecule has 0 saturated carbocycles. The molecule has 0 aliphatic heterocycles. The van der Waals surface area contributed by atoms with Gasteiger partial charge >= 0.3 is 11.9 Å². The van der Waals surface area contributed by atoms with Crippen molar-refractivity contribution in [1.29, 1.82) is 0 Å². The van der Waals surface area contributed by atoms with Gasteiger partial charge in [0.15, 0.2) is 0 Å². The Bertz CT molecular complexity index is 2000. The summed E-state index contributed by atoms with van der Waals surface area (Å²) in [6.07, 6.45) is 0.992. The molecule has 5 rings (SSSR count). The van der Waals surface area contributed by atoms with Crippen molar-refractivity contribution in [2.75, 3.05) is 18.2 Å². The first-order valence-electron chi connectivity index (χ1n) is 13.0. The van der Waals surface area contributed by atoms with Crippen LogP contribution >= 0.6 is 0 Å². The fourth-order valence-electron chi connectivity index (χ4n) is 4.01. The zero-order chi connectivity index (χ0) is 33.0. The summed E-state index contributed by atoms with van der Waals surface area (Å²) in [6.45, 7) is 1.79. The fourth-order valence-corrected chi connectivity index (χ4v) is 4.01. The number of carboxylic acids is 1. The molecule has 0 bridgehead atoms. The van der Waals surface area contributed by atoms with Crippen LogP contribution < -0.4 is 33.0 Å². The molecule has 0 radical (unpaired) electrons. The number of rotatable bonds is 8. The molecule has 46 heavy (non-hydrogen) atoms. The largest absolute Gasteiger partial charge is 0.493 e. The lowest BCUT2D eigenvalue weighted by atomic mass is 10.1. The lowest BCUT2D eigenvalue weighted by Crippen LogP contribution is -2.36. The molecular weight excluding hydrogens is 605 g/mol. The Morgan fingerprint density at radius 1 is 1.09 bits per heavy atom. The molecule has 2 aromatic heterocycles. The number of carboxylic acid groups (broad SMARTS) is 1. The maximum atomic E-state index is 14.1. The normalized spacial score (nSPS) is 11.1. The number of nitrogens with two attached hydrogens (primary N) is 2. The molecule has 2 heterocycles. The Labute approximate surface area is 260 Å². The highest BCUT2D eigenvalue weighted by Gasteiger charge is 2.21. The molecule has 0 fully saturated rings. The van der Waals surface area contributed by atoms with Crippen LogP contribution in [0.2, 0.25) is 0 Å². The van der Waals surface area contributed by atoms with Crippen molar-refractivity contribution in [3.63, 3.8) is 0 Å². The van der Waals surface area contributed by atoms with Gasteiger partial charge in [-0.25, -0.2) is 28.3 Å². The number of methoxy groups -OCH3 is 1. The zero-order valence-electron chi connectivity index (χ0n) is 23.7. The average Bonchev–Trinajstić information content (AvgIpc) is 3.42. The molecule has 5 aromatic rings. The highest BCUT2D eigenvalue weighted by Crippen LogP contribution is 2.23. The van der Waals surface area contributed by atoms with Gasteiger partial charge < -0.3 is 37.1 Å². The maximum Gasteiger partial charge on any atom is 0.353 e. The minimum atomic E-state index is -1.41. The Morgan fingerprint density at radius 3 is 2.35 bits per heavy atom. The Balaban J connectivity index is 0.000000347. The molecule has 0 saturated heterocycles. The van der Waals surface area contributed by atoms with E-state index in [2.05, 4.69) is 25.3 Å². The lowest BCUT2D eigenvalue weighted by Gasteiger charge is -2.12. The fraction of sp³-hybridized carbons (Fsp3) is 0.167. The first-order chi connectivity index (χ1) is 21.3. The number of aromatic hydroxyl groups is 1. The van der Waals surface area contributed by atoms with E-state index in [-0.39, 0.29) is 54.5 Å². The molecular formula is C30H30FN7O8. The summed E-state index contributed by atoms with van der Waals surface area (Å²) in [5.74, 6) is -3.84. The van der Waals surface area contributed by atoms with E-state index < -0.39 is 40.1 Å². The van der Waals surface area contributed by atoms with Gasteiger partial charge in [-0.15, -0.1) is 0 Å². The summed E-state index contributed by atoms with van der Waals surface area (Å²) in [5.41, 5.74) is 10.0. The van der Waals surface area contributed by atoms with E-state index in [1.807, 2.05) is 19.1 Å². The average molecular weight is 636 g/mol. The molecule has 0 aliphatic carbocycles. The van der Waals surface area contributed by atoms with Crippen molar-refractivity contribution in [2.24, 2.45) is 5.73 Å². The first kappa shape index (κ1) is 34.3. The van der Waals surface area contributed by atoms with Crippen molar-refractivity contribution in [2.45, 2.75) is 26.9 Å². The predicted octanol–water partition coefficient (Wildman–Crippen LogP) is 2.25. The quantitative estimate of drug-likeness (QED) is 0.106. The van der Waals surface area contributed by atoms with Gasteiger partial charge in [-0.1, -0.05) is 25.6 Å². The number of halogens is 1. The molecule has 16 heteroatoms. The molecule has 8 N–H and O–H groups in total. The van der Waals surface area contributed by atoms with E-state index in [9.17, 15) is 38.6 Å². The van der Waals surface area contributed by atoms with Crippen molar-refractivity contribution in [1.82, 2.24) is 19.7 Å². The molecule has 0 spiro atoms. The number of carbonyl (C=O) groups is 3. The van der Waals surface area contributed by atoms with Crippen LogP contribution in [0.3, 0.4) is 0 Å². The third kappa shape index (κ3) is 7.13. The van der Waals surface area contributed by atoms with Crippen LogP contribution in [0.4, 0.5) is 21.5 Å². The number of anilines is 3. The van der Waals surface area contributed by atoms with Crippen LogP contribution in [-0.4, -0.2) is 49.5 Å². The number of amides is 1. The monoisotopic (exact) mass is 635 g/mol. The van der Waals surface area contributed by atoms with Gasteiger partial charge in [0.2, 0.25) is 11.7 Å². The van der Waals surface area contributed by atoms with E-state index >= 15 is 0 Å². The Morgan fingerprint density at radius 2 is 1.76 bits per heavy atom. The highest BCUT2D eigenvalue weighted by atomic mass is 19.1. The number of imidazole rings is 1. The van der Waals surface area contributed by atoms with Crippen molar-refractivity contribution in [3.8, 4) is 5.88 Å². The van der Waals surface area contributed by atoms with Gasteiger partial charge in [0.05, 0.1) is 24.6 Å². The summed E-state index contributed by atoms with van der Waals surface area (Å²) in [6, 6.07) is 11.8. The number of aromatic carboxylic acids is 1. The topological polar surface area (TPSA) is 241 Å². The summed E-state index contributed by atoms with van der Waals surface area (Å²) in [5, 5.41) is 24.0. The molecule has 240 valence electrons. The van der Waals surface area contributed by atoms with Crippen LogP contribution in [0.15, 0.2) is 64.3 Å². The lowest BCUT2D eigenvalue weighted by molar-refractivity contribution is 0.0599. The number of benzene rings is 2. The Hall–Kier alpha value is -6.16. The zero-order valence-corrected chi connectivity index (χ0v) is 23.7. The number of nitrogens with one attached hydrogen (secondary N) is 2.